The van der Waals surface area contributed by atoms with Crippen LogP contribution in [0.25, 0.3) is 39.0 Å². The van der Waals surface area contributed by atoms with Gasteiger partial charge in [0, 0.05) is 44.6 Å². The number of hydrogen-bond acceptors (Lipinski definition) is 4. The van der Waals surface area contributed by atoms with E-state index in [4.69, 9.17) is 0 Å². The lowest BCUT2D eigenvalue weighted by Gasteiger charge is -2.13. The third-order valence-electron chi connectivity index (χ3n) is 6.27. The first-order chi connectivity index (χ1) is 17.4. The monoisotopic (exact) mass is 491 g/mol. The van der Waals surface area contributed by atoms with Gasteiger partial charge in [-0.25, -0.2) is 0 Å². The summed E-state index contributed by atoms with van der Waals surface area (Å²) in [5.41, 5.74) is 10.2. The molecule has 6 heteroatoms. The fraction of sp³-hybridized carbons (Fsp3) is 0.133. The van der Waals surface area contributed by atoms with Crippen LogP contribution in [0.2, 0.25) is 0 Å². The number of benzene rings is 1. The van der Waals surface area contributed by atoms with Gasteiger partial charge in [-0.1, -0.05) is 51.3 Å². The number of H-pyrrole nitrogens is 2. The van der Waals surface area contributed by atoms with Crippen molar-refractivity contribution >= 4 is 33.5 Å². The van der Waals surface area contributed by atoms with E-state index in [1.807, 2.05) is 18.5 Å². The number of rotatable bonds is 8. The summed E-state index contributed by atoms with van der Waals surface area (Å²) < 4.78 is 0. The molecule has 0 radical (unpaired) electrons. The SMILES string of the molecule is C=C/C=C(/c1cccs1)c1cc(-c2n[nH]c3ccc(-c4cncc(NC(=C)C(C)C)c4)cc23)[nH]c1C. The Balaban J connectivity index is 1.53. The molecule has 36 heavy (non-hydrogen) atoms. The summed E-state index contributed by atoms with van der Waals surface area (Å²) in [6.45, 7) is 14.4. The smallest absolute Gasteiger partial charge is 0.116 e. The predicted octanol–water partition coefficient (Wildman–Crippen LogP) is 8.19. The van der Waals surface area contributed by atoms with Crippen LogP contribution >= 0.6 is 11.3 Å². The van der Waals surface area contributed by atoms with Gasteiger partial charge >= 0.3 is 0 Å². The van der Waals surface area contributed by atoms with Crippen LogP contribution < -0.4 is 5.32 Å². The van der Waals surface area contributed by atoms with Crippen molar-refractivity contribution in [1.82, 2.24) is 20.2 Å². The second-order valence-electron chi connectivity index (χ2n) is 9.11. The molecule has 1 aromatic carbocycles. The number of pyridine rings is 1. The minimum absolute atomic E-state index is 0.342. The summed E-state index contributed by atoms with van der Waals surface area (Å²) in [6, 6.07) is 14.8. The Labute approximate surface area is 215 Å². The van der Waals surface area contributed by atoms with E-state index in [1.54, 1.807) is 11.3 Å². The molecule has 0 aliphatic heterocycles. The number of aromatic amines is 2. The zero-order valence-corrected chi connectivity index (χ0v) is 21.5. The number of nitrogens with zero attached hydrogens (tertiary/aromatic N) is 2. The molecule has 4 aromatic heterocycles. The van der Waals surface area contributed by atoms with Crippen LogP contribution in [0, 0.1) is 12.8 Å². The number of fused-ring (bicyclic) bond motifs is 1. The molecule has 4 heterocycles. The van der Waals surface area contributed by atoms with Crippen LogP contribution in [0.5, 0.6) is 0 Å². The minimum atomic E-state index is 0.342. The van der Waals surface area contributed by atoms with Gasteiger partial charge in [0.25, 0.3) is 0 Å². The molecule has 0 fully saturated rings. The maximum atomic E-state index is 4.67. The highest BCUT2D eigenvalue weighted by atomic mass is 32.1. The minimum Gasteiger partial charge on any atom is -0.358 e. The molecule has 3 N–H and O–H groups in total. The van der Waals surface area contributed by atoms with E-state index in [-0.39, 0.29) is 0 Å². The highest BCUT2D eigenvalue weighted by molar-refractivity contribution is 7.11. The van der Waals surface area contributed by atoms with E-state index in [0.29, 0.717) is 5.92 Å². The maximum absolute atomic E-state index is 4.67. The van der Waals surface area contributed by atoms with Gasteiger partial charge in [-0.2, -0.15) is 5.10 Å². The molecule has 0 aliphatic carbocycles. The molecule has 0 unspecified atom stereocenters. The highest BCUT2D eigenvalue weighted by Crippen LogP contribution is 2.35. The average molecular weight is 492 g/mol. The molecule has 5 aromatic rings. The predicted molar refractivity (Wildman–Crippen MR) is 153 cm³/mol. The molecule has 0 amide bonds. The number of hydrogen-bond donors (Lipinski definition) is 3. The van der Waals surface area contributed by atoms with E-state index < -0.39 is 0 Å². The number of aryl methyl sites for hydroxylation is 1. The van der Waals surface area contributed by atoms with Crippen LogP contribution in [0.4, 0.5) is 5.69 Å². The van der Waals surface area contributed by atoms with Crippen molar-refractivity contribution in [2.75, 3.05) is 5.32 Å². The van der Waals surface area contributed by atoms with Crippen LogP contribution in [0.1, 0.15) is 30.0 Å². The molecule has 0 saturated heterocycles. The Morgan fingerprint density at radius 3 is 2.72 bits per heavy atom. The summed E-state index contributed by atoms with van der Waals surface area (Å²) in [5, 5.41) is 14.4. The lowest BCUT2D eigenvalue weighted by molar-refractivity contribution is 0.778. The Hall–Kier alpha value is -4.16. The second kappa shape index (κ2) is 9.84. The van der Waals surface area contributed by atoms with Gasteiger partial charge in [0.1, 0.15) is 5.69 Å². The number of thiophene rings is 1. The largest absolute Gasteiger partial charge is 0.358 e. The quantitative estimate of drug-likeness (QED) is 0.192. The van der Waals surface area contributed by atoms with Crippen LogP contribution in [0.3, 0.4) is 0 Å². The fourth-order valence-electron chi connectivity index (χ4n) is 4.21. The van der Waals surface area contributed by atoms with E-state index in [1.165, 1.54) is 4.88 Å². The normalized spacial score (nSPS) is 11.8. The summed E-state index contributed by atoms with van der Waals surface area (Å²) >= 11 is 1.72. The van der Waals surface area contributed by atoms with Crippen molar-refractivity contribution in [2.45, 2.75) is 20.8 Å². The Bertz CT molecular complexity index is 1580. The molecule has 5 rings (SSSR count). The molecule has 0 spiro atoms. The molecule has 0 atom stereocenters. The van der Waals surface area contributed by atoms with Crippen LogP contribution in [0.15, 0.2) is 91.2 Å². The van der Waals surface area contributed by atoms with Gasteiger partial charge in [0.05, 0.1) is 23.1 Å². The third-order valence-corrected chi connectivity index (χ3v) is 7.17. The molecule has 180 valence electrons. The number of allylic oxidation sites excluding steroid dienone is 3. The van der Waals surface area contributed by atoms with E-state index in [0.717, 1.165) is 61.6 Å². The van der Waals surface area contributed by atoms with Crippen molar-refractivity contribution in [3.8, 4) is 22.5 Å². The van der Waals surface area contributed by atoms with Gasteiger partial charge in [-0.05, 0) is 54.1 Å². The highest BCUT2D eigenvalue weighted by Gasteiger charge is 2.17. The summed E-state index contributed by atoms with van der Waals surface area (Å²) in [6.07, 6.45) is 7.61. The summed E-state index contributed by atoms with van der Waals surface area (Å²) in [5.74, 6) is 0.342. The molecular weight excluding hydrogens is 462 g/mol. The first-order valence-corrected chi connectivity index (χ1v) is 12.8. The molecule has 0 bridgehead atoms. The average Bonchev–Trinajstić information content (AvgIpc) is 3.62. The van der Waals surface area contributed by atoms with Crippen molar-refractivity contribution < 1.29 is 0 Å². The van der Waals surface area contributed by atoms with Crippen molar-refractivity contribution in [3.63, 3.8) is 0 Å². The van der Waals surface area contributed by atoms with Crippen molar-refractivity contribution in [3.05, 3.63) is 107 Å². The lowest BCUT2D eigenvalue weighted by Crippen LogP contribution is -2.04. The van der Waals surface area contributed by atoms with Gasteiger partial charge in [-0.3, -0.25) is 10.1 Å². The van der Waals surface area contributed by atoms with E-state index in [2.05, 4.69) is 113 Å². The number of nitrogens with one attached hydrogen (secondary N) is 3. The number of anilines is 1. The van der Waals surface area contributed by atoms with Crippen molar-refractivity contribution in [1.29, 1.82) is 0 Å². The molecule has 0 saturated carbocycles. The summed E-state index contributed by atoms with van der Waals surface area (Å²) in [4.78, 5) is 9.21. The van der Waals surface area contributed by atoms with E-state index >= 15 is 0 Å². The van der Waals surface area contributed by atoms with Crippen LogP contribution in [-0.2, 0) is 0 Å². The third kappa shape index (κ3) is 4.55. The van der Waals surface area contributed by atoms with Crippen LogP contribution in [-0.4, -0.2) is 20.2 Å². The second-order valence-corrected chi connectivity index (χ2v) is 10.1. The fourth-order valence-corrected chi connectivity index (χ4v) is 4.98. The lowest BCUT2D eigenvalue weighted by atomic mass is 10.0. The zero-order valence-electron chi connectivity index (χ0n) is 20.7. The molecule has 0 aliphatic rings. The first kappa shape index (κ1) is 23.6. The zero-order chi connectivity index (χ0) is 25.2. The standard InChI is InChI=1S/C30H29N5S/c1-6-8-24(29-9-7-12-36-29)25-15-28(33-20(25)5)30-26-14-21(10-11-27(26)34-35-30)22-13-23(17-31-16-22)32-19(4)18(2)3/h6-18,32-33H,1,4H2,2-3,5H3,(H,34,35)/b24-8+. The number of aromatic nitrogens is 4. The topological polar surface area (TPSA) is 69.4 Å². The van der Waals surface area contributed by atoms with Gasteiger partial charge in [-0.15, -0.1) is 11.3 Å². The Kier molecular flexibility index (Phi) is 6.44. The molecule has 5 nitrogen and oxygen atoms in total. The first-order valence-electron chi connectivity index (χ1n) is 11.9. The van der Waals surface area contributed by atoms with Gasteiger partial charge in [0.2, 0.25) is 0 Å². The molecular formula is C30H29N5S. The van der Waals surface area contributed by atoms with E-state index in [9.17, 15) is 0 Å². The Morgan fingerprint density at radius 1 is 1.11 bits per heavy atom. The van der Waals surface area contributed by atoms with Gasteiger partial charge < -0.3 is 10.3 Å². The van der Waals surface area contributed by atoms with Crippen molar-refractivity contribution in [2.24, 2.45) is 5.92 Å². The maximum Gasteiger partial charge on any atom is 0.116 e. The van der Waals surface area contributed by atoms with Gasteiger partial charge in [0.15, 0.2) is 0 Å². The summed E-state index contributed by atoms with van der Waals surface area (Å²) in [7, 11) is 0. The Morgan fingerprint density at radius 2 is 1.97 bits per heavy atom.